The van der Waals surface area contributed by atoms with Crippen molar-refractivity contribution in [1.29, 1.82) is 0 Å². The quantitative estimate of drug-likeness (QED) is 0.840. The fourth-order valence-corrected chi connectivity index (χ4v) is 3.04. The van der Waals surface area contributed by atoms with Crippen LogP contribution < -0.4 is 5.32 Å². The molecule has 1 aliphatic carbocycles. The van der Waals surface area contributed by atoms with E-state index in [1.54, 1.807) is 7.05 Å². The van der Waals surface area contributed by atoms with Crippen LogP contribution >= 0.6 is 11.6 Å². The summed E-state index contributed by atoms with van der Waals surface area (Å²) in [6, 6.07) is 5.78. The first-order valence-electron chi connectivity index (χ1n) is 6.69. The molecule has 2 rings (SSSR count). The summed E-state index contributed by atoms with van der Waals surface area (Å²) in [4.78, 5) is 11.8. The number of rotatable bonds is 4. The first-order chi connectivity index (χ1) is 8.72. The molecule has 1 N–H and O–H groups in total. The monoisotopic (exact) mass is 265 g/mol. The summed E-state index contributed by atoms with van der Waals surface area (Å²) in [5.74, 6) is 0.675. The number of benzene rings is 1. The van der Waals surface area contributed by atoms with Crippen molar-refractivity contribution in [3.63, 3.8) is 0 Å². The van der Waals surface area contributed by atoms with Crippen molar-refractivity contribution in [2.24, 2.45) is 0 Å². The van der Waals surface area contributed by atoms with E-state index in [2.05, 4.69) is 5.32 Å². The van der Waals surface area contributed by atoms with Crippen LogP contribution in [0.15, 0.2) is 18.2 Å². The van der Waals surface area contributed by atoms with E-state index in [9.17, 15) is 4.79 Å². The molecule has 0 aliphatic heterocycles. The lowest BCUT2D eigenvalue weighted by molar-refractivity contribution is 0.0993. The van der Waals surface area contributed by atoms with Crippen LogP contribution in [-0.4, -0.2) is 19.4 Å². The first kappa shape index (κ1) is 13.6. The number of Topliss-reactive ketones (excluding diaryl/α,β-unsaturated/α-hetero) is 1. The second-order valence-electron chi connectivity index (χ2n) is 5.02. The highest BCUT2D eigenvalue weighted by molar-refractivity contribution is 6.31. The van der Waals surface area contributed by atoms with Crippen LogP contribution in [-0.2, 0) is 0 Å². The SMILES string of the molecule is CNCC(=O)c1ccc(C2CCCCC2)c(Cl)c1. The molecule has 0 heterocycles. The topological polar surface area (TPSA) is 29.1 Å². The van der Waals surface area contributed by atoms with Crippen molar-refractivity contribution in [2.75, 3.05) is 13.6 Å². The van der Waals surface area contributed by atoms with Crippen molar-refractivity contribution >= 4 is 17.4 Å². The van der Waals surface area contributed by atoms with E-state index in [-0.39, 0.29) is 5.78 Å². The van der Waals surface area contributed by atoms with E-state index in [0.717, 1.165) is 5.02 Å². The molecule has 1 aromatic rings. The maximum absolute atomic E-state index is 11.8. The number of likely N-dealkylation sites (N-methyl/N-ethyl adjacent to an activating group) is 1. The summed E-state index contributed by atoms with van der Waals surface area (Å²) >= 11 is 6.33. The summed E-state index contributed by atoms with van der Waals surface area (Å²) in [5, 5.41) is 3.62. The van der Waals surface area contributed by atoms with Gasteiger partial charge in [0.25, 0.3) is 0 Å². The van der Waals surface area contributed by atoms with Crippen molar-refractivity contribution in [1.82, 2.24) is 5.32 Å². The molecule has 0 saturated heterocycles. The third-order valence-electron chi connectivity index (χ3n) is 3.70. The van der Waals surface area contributed by atoms with E-state index in [1.807, 2.05) is 18.2 Å². The highest BCUT2D eigenvalue weighted by Gasteiger charge is 2.18. The predicted molar refractivity (Wildman–Crippen MR) is 75.5 cm³/mol. The molecular weight excluding hydrogens is 246 g/mol. The first-order valence-corrected chi connectivity index (χ1v) is 7.07. The van der Waals surface area contributed by atoms with Crippen LogP contribution in [0.1, 0.15) is 53.9 Å². The molecule has 0 radical (unpaired) electrons. The summed E-state index contributed by atoms with van der Waals surface area (Å²) in [5.41, 5.74) is 1.92. The average Bonchev–Trinajstić information content (AvgIpc) is 2.40. The van der Waals surface area contributed by atoms with Gasteiger partial charge in [0.1, 0.15) is 0 Å². The minimum absolute atomic E-state index is 0.0922. The van der Waals surface area contributed by atoms with Gasteiger partial charge in [-0.05, 0) is 37.4 Å². The van der Waals surface area contributed by atoms with Crippen molar-refractivity contribution in [3.8, 4) is 0 Å². The Bertz CT molecular complexity index is 425. The van der Waals surface area contributed by atoms with Crippen LogP contribution in [0.2, 0.25) is 5.02 Å². The fraction of sp³-hybridized carbons (Fsp3) is 0.533. The van der Waals surface area contributed by atoms with Crippen LogP contribution in [0.4, 0.5) is 0 Å². The largest absolute Gasteiger partial charge is 0.313 e. The second-order valence-corrected chi connectivity index (χ2v) is 5.43. The zero-order valence-corrected chi connectivity index (χ0v) is 11.6. The Kier molecular flexibility index (Phi) is 4.79. The number of hydrogen-bond donors (Lipinski definition) is 1. The molecule has 1 saturated carbocycles. The summed E-state index contributed by atoms with van der Waals surface area (Å²) < 4.78 is 0. The Balaban J connectivity index is 2.16. The minimum Gasteiger partial charge on any atom is -0.313 e. The molecule has 0 unspecified atom stereocenters. The fourth-order valence-electron chi connectivity index (χ4n) is 2.71. The van der Waals surface area contributed by atoms with Gasteiger partial charge in [-0.25, -0.2) is 0 Å². The van der Waals surface area contributed by atoms with Gasteiger partial charge in [-0.3, -0.25) is 4.79 Å². The number of halogens is 1. The molecule has 0 amide bonds. The number of carbonyl (C=O) groups is 1. The maximum atomic E-state index is 11.8. The lowest BCUT2D eigenvalue weighted by Crippen LogP contribution is -2.18. The van der Waals surface area contributed by atoms with Gasteiger partial charge >= 0.3 is 0 Å². The van der Waals surface area contributed by atoms with Crippen molar-refractivity contribution < 1.29 is 4.79 Å². The molecule has 0 atom stereocenters. The highest BCUT2D eigenvalue weighted by Crippen LogP contribution is 2.36. The number of carbonyl (C=O) groups excluding carboxylic acids is 1. The molecule has 18 heavy (non-hydrogen) atoms. The molecule has 3 heteroatoms. The number of ketones is 1. The zero-order chi connectivity index (χ0) is 13.0. The normalized spacial score (nSPS) is 16.8. The van der Waals surface area contributed by atoms with Gasteiger partial charge in [-0.15, -0.1) is 0 Å². The van der Waals surface area contributed by atoms with Crippen LogP contribution in [0.25, 0.3) is 0 Å². The molecular formula is C15H20ClNO. The third-order valence-corrected chi connectivity index (χ3v) is 4.03. The standard InChI is InChI=1S/C15H20ClNO/c1-17-10-15(18)12-7-8-13(14(16)9-12)11-5-3-2-4-6-11/h7-9,11,17H,2-6,10H2,1H3. The van der Waals surface area contributed by atoms with Crippen LogP contribution in [0.3, 0.4) is 0 Å². The lowest BCUT2D eigenvalue weighted by Gasteiger charge is -2.23. The molecule has 2 nitrogen and oxygen atoms in total. The third kappa shape index (κ3) is 3.12. The molecule has 0 spiro atoms. The molecule has 98 valence electrons. The molecule has 0 aromatic heterocycles. The Hall–Kier alpha value is -0.860. The summed E-state index contributed by atoms with van der Waals surface area (Å²) in [6.45, 7) is 0.360. The smallest absolute Gasteiger partial charge is 0.176 e. The van der Waals surface area contributed by atoms with E-state index in [0.29, 0.717) is 18.0 Å². The second kappa shape index (κ2) is 6.35. The predicted octanol–water partition coefficient (Wildman–Crippen LogP) is 3.79. The van der Waals surface area contributed by atoms with E-state index in [1.165, 1.54) is 37.7 Å². The van der Waals surface area contributed by atoms with Crippen LogP contribution in [0, 0.1) is 0 Å². The van der Waals surface area contributed by atoms with Gasteiger partial charge in [0, 0.05) is 10.6 Å². The minimum atomic E-state index is 0.0922. The zero-order valence-electron chi connectivity index (χ0n) is 10.8. The van der Waals surface area contributed by atoms with Crippen molar-refractivity contribution in [2.45, 2.75) is 38.0 Å². The Morgan fingerprint density at radius 2 is 2.06 bits per heavy atom. The van der Waals surface area contributed by atoms with Crippen LogP contribution in [0.5, 0.6) is 0 Å². The molecule has 0 bridgehead atoms. The summed E-state index contributed by atoms with van der Waals surface area (Å²) in [7, 11) is 1.77. The summed E-state index contributed by atoms with van der Waals surface area (Å²) in [6.07, 6.45) is 6.38. The Morgan fingerprint density at radius 3 is 2.67 bits per heavy atom. The average molecular weight is 266 g/mol. The van der Waals surface area contributed by atoms with Gasteiger partial charge < -0.3 is 5.32 Å². The van der Waals surface area contributed by atoms with E-state index < -0.39 is 0 Å². The van der Waals surface area contributed by atoms with E-state index in [4.69, 9.17) is 11.6 Å². The number of nitrogens with one attached hydrogen (secondary N) is 1. The molecule has 1 fully saturated rings. The van der Waals surface area contributed by atoms with Gasteiger partial charge in [-0.2, -0.15) is 0 Å². The lowest BCUT2D eigenvalue weighted by atomic mass is 9.84. The highest BCUT2D eigenvalue weighted by atomic mass is 35.5. The Labute approximate surface area is 114 Å². The van der Waals surface area contributed by atoms with Gasteiger partial charge in [0.15, 0.2) is 5.78 Å². The number of hydrogen-bond acceptors (Lipinski definition) is 2. The van der Waals surface area contributed by atoms with Crippen molar-refractivity contribution in [3.05, 3.63) is 34.3 Å². The molecule has 1 aliphatic rings. The van der Waals surface area contributed by atoms with E-state index >= 15 is 0 Å². The maximum Gasteiger partial charge on any atom is 0.176 e. The van der Waals surface area contributed by atoms with Gasteiger partial charge in [0.2, 0.25) is 0 Å². The van der Waals surface area contributed by atoms with Gasteiger partial charge in [0.05, 0.1) is 6.54 Å². The Morgan fingerprint density at radius 1 is 1.33 bits per heavy atom. The van der Waals surface area contributed by atoms with Gasteiger partial charge in [-0.1, -0.05) is 43.0 Å². The molecule has 1 aromatic carbocycles.